The summed E-state index contributed by atoms with van der Waals surface area (Å²) < 4.78 is 6.67. The normalized spacial score (nSPS) is 12.4. The van der Waals surface area contributed by atoms with Crippen LogP contribution in [-0.4, -0.2) is 34.8 Å². The Morgan fingerprint density at radius 1 is 1.24 bits per heavy atom. The number of methoxy groups -OCH3 is 1. The molecule has 6 heteroatoms. The predicted molar refractivity (Wildman–Crippen MR) is 97.4 cm³/mol. The minimum absolute atomic E-state index is 0.0747. The van der Waals surface area contributed by atoms with E-state index in [4.69, 9.17) is 4.74 Å². The average molecular weight is 345 g/mol. The van der Waals surface area contributed by atoms with Crippen LogP contribution in [0.3, 0.4) is 0 Å². The lowest BCUT2D eigenvalue weighted by molar-refractivity contribution is -0.144. The third kappa shape index (κ3) is 4.38. The van der Waals surface area contributed by atoms with Gasteiger partial charge in [0.05, 0.1) is 12.6 Å². The van der Waals surface area contributed by atoms with E-state index >= 15 is 0 Å². The molecule has 25 heavy (non-hydrogen) atoms. The number of benzene rings is 1. The van der Waals surface area contributed by atoms with Crippen LogP contribution in [0.1, 0.15) is 50.5 Å². The molecule has 0 spiro atoms. The van der Waals surface area contributed by atoms with Crippen molar-refractivity contribution in [1.29, 1.82) is 0 Å². The zero-order valence-corrected chi connectivity index (χ0v) is 15.4. The number of para-hydroxylation sites is 1. The monoisotopic (exact) mass is 345 g/mol. The summed E-state index contributed by atoms with van der Waals surface area (Å²) in [5.41, 5.74) is 1.28. The number of rotatable bonds is 8. The fourth-order valence-electron chi connectivity index (χ4n) is 2.81. The number of carbonyl (C=O) groups excluding carboxylic acids is 2. The van der Waals surface area contributed by atoms with Gasteiger partial charge in [0.2, 0.25) is 0 Å². The summed E-state index contributed by atoms with van der Waals surface area (Å²) in [7, 11) is 1.32. The zero-order valence-electron chi connectivity index (χ0n) is 15.4. The Labute approximate surface area is 148 Å². The largest absolute Gasteiger partial charge is 0.467 e. The van der Waals surface area contributed by atoms with Gasteiger partial charge in [0, 0.05) is 11.9 Å². The molecule has 6 nitrogen and oxygen atoms in total. The van der Waals surface area contributed by atoms with Crippen LogP contribution in [-0.2, 0) is 16.1 Å². The molecule has 1 atom stereocenters. The van der Waals surface area contributed by atoms with Crippen LogP contribution in [0.4, 0.5) is 0 Å². The Morgan fingerprint density at radius 3 is 2.60 bits per heavy atom. The Hall–Kier alpha value is -2.37. The minimum atomic E-state index is -0.693. The quantitative estimate of drug-likeness (QED) is 0.589. The Balaban J connectivity index is 2.29. The van der Waals surface area contributed by atoms with Crippen molar-refractivity contribution in [2.24, 2.45) is 5.92 Å². The van der Waals surface area contributed by atoms with E-state index in [2.05, 4.69) is 17.3 Å². The molecule has 0 unspecified atom stereocenters. The Morgan fingerprint density at radius 2 is 1.96 bits per heavy atom. The average Bonchev–Trinajstić information content (AvgIpc) is 2.98. The van der Waals surface area contributed by atoms with Gasteiger partial charge in [-0.15, -0.1) is 0 Å². The van der Waals surface area contributed by atoms with Crippen molar-refractivity contribution in [2.75, 3.05) is 7.11 Å². The second-order valence-electron chi connectivity index (χ2n) is 6.51. The van der Waals surface area contributed by atoms with Gasteiger partial charge in [-0.2, -0.15) is 5.10 Å². The van der Waals surface area contributed by atoms with Gasteiger partial charge in [-0.1, -0.05) is 51.8 Å². The molecule has 0 saturated heterocycles. The van der Waals surface area contributed by atoms with E-state index in [9.17, 15) is 9.59 Å². The third-order valence-corrected chi connectivity index (χ3v) is 4.25. The van der Waals surface area contributed by atoms with Gasteiger partial charge in [-0.05, 0) is 18.4 Å². The molecular weight excluding hydrogens is 318 g/mol. The first kappa shape index (κ1) is 19.0. The van der Waals surface area contributed by atoms with E-state index in [0.717, 1.165) is 36.7 Å². The molecule has 0 aliphatic rings. The summed E-state index contributed by atoms with van der Waals surface area (Å²) in [6, 6.07) is 6.98. The third-order valence-electron chi connectivity index (χ3n) is 4.25. The van der Waals surface area contributed by atoms with Crippen LogP contribution >= 0.6 is 0 Å². The number of esters is 1. The second kappa shape index (κ2) is 8.65. The predicted octanol–water partition coefficient (Wildman–Crippen LogP) is 3.15. The van der Waals surface area contributed by atoms with Crippen LogP contribution in [0.2, 0.25) is 0 Å². The zero-order chi connectivity index (χ0) is 18.4. The molecule has 1 aromatic carbocycles. The van der Waals surface area contributed by atoms with Crippen molar-refractivity contribution in [3.8, 4) is 0 Å². The van der Waals surface area contributed by atoms with Crippen molar-refractivity contribution in [1.82, 2.24) is 15.1 Å². The fraction of sp³-hybridized carbons (Fsp3) is 0.526. The van der Waals surface area contributed by atoms with E-state index in [1.807, 2.05) is 42.8 Å². The molecule has 2 aromatic rings. The Kier molecular flexibility index (Phi) is 6.56. The summed E-state index contributed by atoms with van der Waals surface area (Å²) in [5.74, 6) is -0.876. The van der Waals surface area contributed by atoms with Crippen LogP contribution in [0, 0.1) is 5.92 Å². The number of ether oxygens (including phenoxy) is 1. The van der Waals surface area contributed by atoms with Crippen LogP contribution in [0.15, 0.2) is 24.3 Å². The maximum absolute atomic E-state index is 12.7. The molecule has 1 aromatic heterocycles. The second-order valence-corrected chi connectivity index (χ2v) is 6.51. The van der Waals surface area contributed by atoms with Gasteiger partial charge in [0.15, 0.2) is 5.69 Å². The molecule has 2 rings (SSSR count). The molecule has 0 radical (unpaired) electrons. The molecule has 1 heterocycles. The van der Waals surface area contributed by atoms with Crippen molar-refractivity contribution in [3.63, 3.8) is 0 Å². The number of amides is 1. The number of fused-ring (bicyclic) bond motifs is 1. The highest BCUT2D eigenvalue weighted by atomic mass is 16.5. The number of nitrogens with one attached hydrogen (secondary N) is 1. The number of hydrogen-bond acceptors (Lipinski definition) is 4. The molecular formula is C19H27N3O3. The summed E-state index contributed by atoms with van der Waals surface area (Å²) in [5, 5.41) is 8.07. The smallest absolute Gasteiger partial charge is 0.328 e. The summed E-state index contributed by atoms with van der Waals surface area (Å²) in [6.07, 6.45) is 3.26. The maximum Gasteiger partial charge on any atom is 0.328 e. The van der Waals surface area contributed by atoms with Crippen molar-refractivity contribution < 1.29 is 14.3 Å². The summed E-state index contributed by atoms with van der Waals surface area (Å²) >= 11 is 0. The van der Waals surface area contributed by atoms with Gasteiger partial charge >= 0.3 is 5.97 Å². The van der Waals surface area contributed by atoms with Crippen LogP contribution < -0.4 is 5.32 Å². The van der Waals surface area contributed by atoms with E-state index in [-0.39, 0.29) is 11.8 Å². The highest BCUT2D eigenvalue weighted by Crippen LogP contribution is 2.19. The fourth-order valence-corrected chi connectivity index (χ4v) is 2.81. The molecule has 0 aliphatic heterocycles. The first-order chi connectivity index (χ1) is 12.0. The standard InChI is InChI=1S/C19H27N3O3/c1-5-6-9-12-22-15-11-8-7-10-14(15)17(21-22)18(23)20-16(13(2)3)19(24)25-4/h7-8,10-11,13,16H,5-6,9,12H2,1-4H3,(H,20,23)/t16-/m0/s1. The van der Waals surface area contributed by atoms with Gasteiger partial charge in [-0.3, -0.25) is 9.48 Å². The molecule has 1 N–H and O–H groups in total. The number of aromatic nitrogens is 2. The van der Waals surface area contributed by atoms with Gasteiger partial charge in [0.1, 0.15) is 6.04 Å². The number of hydrogen-bond donors (Lipinski definition) is 1. The van der Waals surface area contributed by atoms with E-state index in [1.165, 1.54) is 7.11 Å². The van der Waals surface area contributed by atoms with Crippen molar-refractivity contribution in [2.45, 2.75) is 52.6 Å². The number of unbranched alkanes of at least 4 members (excludes halogenated alkanes) is 2. The molecule has 0 fully saturated rings. The first-order valence-electron chi connectivity index (χ1n) is 8.83. The van der Waals surface area contributed by atoms with Crippen LogP contribution in [0.5, 0.6) is 0 Å². The Bertz CT molecular complexity index is 737. The first-order valence-corrected chi connectivity index (χ1v) is 8.83. The molecule has 0 bridgehead atoms. The summed E-state index contributed by atoms with van der Waals surface area (Å²) in [6.45, 7) is 6.65. The summed E-state index contributed by atoms with van der Waals surface area (Å²) in [4.78, 5) is 24.6. The van der Waals surface area contributed by atoms with E-state index < -0.39 is 12.0 Å². The van der Waals surface area contributed by atoms with Crippen LogP contribution in [0.25, 0.3) is 10.9 Å². The minimum Gasteiger partial charge on any atom is -0.467 e. The van der Waals surface area contributed by atoms with Gasteiger partial charge < -0.3 is 10.1 Å². The molecule has 0 aliphatic carbocycles. The van der Waals surface area contributed by atoms with Crippen molar-refractivity contribution >= 4 is 22.8 Å². The lowest BCUT2D eigenvalue weighted by Gasteiger charge is -2.19. The van der Waals surface area contributed by atoms with E-state index in [0.29, 0.717) is 5.69 Å². The maximum atomic E-state index is 12.7. The van der Waals surface area contributed by atoms with Crippen molar-refractivity contribution in [3.05, 3.63) is 30.0 Å². The highest BCUT2D eigenvalue weighted by Gasteiger charge is 2.27. The number of nitrogens with zero attached hydrogens (tertiary/aromatic N) is 2. The SMILES string of the molecule is CCCCCn1nc(C(=O)N[C@H](C(=O)OC)C(C)C)c2ccccc21. The lowest BCUT2D eigenvalue weighted by atomic mass is 10.0. The number of aryl methyl sites for hydroxylation is 1. The molecule has 1 amide bonds. The van der Waals surface area contributed by atoms with Gasteiger partial charge in [-0.25, -0.2) is 4.79 Å². The molecule has 0 saturated carbocycles. The van der Waals surface area contributed by atoms with Gasteiger partial charge in [0.25, 0.3) is 5.91 Å². The lowest BCUT2D eigenvalue weighted by Crippen LogP contribution is -2.45. The highest BCUT2D eigenvalue weighted by molar-refractivity contribution is 6.06. The topological polar surface area (TPSA) is 73.2 Å². The number of carbonyl (C=O) groups is 2. The van der Waals surface area contributed by atoms with E-state index in [1.54, 1.807) is 0 Å². The molecule has 136 valence electrons.